The van der Waals surface area contributed by atoms with Crippen LogP contribution in [0.4, 0.5) is 0 Å². The summed E-state index contributed by atoms with van der Waals surface area (Å²) in [6.45, 7) is 3.35. The maximum Gasteiger partial charge on any atom is 0.222 e. The summed E-state index contributed by atoms with van der Waals surface area (Å²) < 4.78 is 5.35. The fraction of sp³-hybridized carbons (Fsp3) is 0.345. The first kappa shape index (κ1) is 23.1. The van der Waals surface area contributed by atoms with Gasteiger partial charge in [-0.2, -0.15) is 0 Å². The van der Waals surface area contributed by atoms with Gasteiger partial charge in [-0.3, -0.25) is 9.69 Å². The van der Waals surface area contributed by atoms with E-state index in [0.29, 0.717) is 19.0 Å². The van der Waals surface area contributed by atoms with E-state index in [-0.39, 0.29) is 5.91 Å². The molecule has 33 heavy (non-hydrogen) atoms. The lowest BCUT2D eigenvalue weighted by atomic mass is 10.0. The summed E-state index contributed by atoms with van der Waals surface area (Å²) in [5, 5.41) is 0. The molecule has 0 aromatic heterocycles. The second-order valence-corrected chi connectivity index (χ2v) is 8.84. The van der Waals surface area contributed by atoms with Crippen molar-refractivity contribution in [1.82, 2.24) is 9.80 Å². The minimum Gasteiger partial charge on any atom is -0.497 e. The summed E-state index contributed by atoms with van der Waals surface area (Å²) in [6, 6.07) is 29.8. The molecule has 1 aliphatic heterocycles. The topological polar surface area (TPSA) is 32.8 Å². The van der Waals surface area contributed by atoms with Crippen LogP contribution in [-0.4, -0.2) is 41.9 Å². The van der Waals surface area contributed by atoms with Crippen LogP contribution >= 0.6 is 0 Å². The predicted octanol–water partition coefficient (Wildman–Crippen LogP) is 5.32. The van der Waals surface area contributed by atoms with Gasteiger partial charge in [0.25, 0.3) is 0 Å². The molecule has 172 valence electrons. The van der Waals surface area contributed by atoms with Gasteiger partial charge in [0.05, 0.1) is 7.11 Å². The average Bonchev–Trinajstić information content (AvgIpc) is 3.04. The molecule has 0 aliphatic carbocycles. The van der Waals surface area contributed by atoms with Gasteiger partial charge in [-0.1, -0.05) is 72.8 Å². The Kier molecular flexibility index (Phi) is 8.15. The Bertz CT molecular complexity index is 1010. The molecule has 3 aromatic rings. The van der Waals surface area contributed by atoms with Crippen molar-refractivity contribution in [3.8, 4) is 5.75 Å². The summed E-state index contributed by atoms with van der Waals surface area (Å²) in [6.07, 6.45) is 3.53. The maximum atomic E-state index is 13.0. The lowest BCUT2D eigenvalue weighted by Gasteiger charge is -2.31. The number of hydrogen-bond donors (Lipinski definition) is 0. The van der Waals surface area contributed by atoms with Gasteiger partial charge in [0.15, 0.2) is 0 Å². The van der Waals surface area contributed by atoms with Gasteiger partial charge in [-0.15, -0.1) is 0 Å². The molecule has 3 aromatic carbocycles. The van der Waals surface area contributed by atoms with Crippen molar-refractivity contribution in [2.45, 2.75) is 44.8 Å². The molecule has 1 heterocycles. The largest absolute Gasteiger partial charge is 0.497 e. The third kappa shape index (κ3) is 6.69. The van der Waals surface area contributed by atoms with Crippen LogP contribution in [0.1, 0.15) is 36.0 Å². The average molecular weight is 443 g/mol. The maximum absolute atomic E-state index is 13.0. The number of likely N-dealkylation sites (tertiary alicyclic amines) is 1. The highest BCUT2D eigenvalue weighted by Crippen LogP contribution is 2.23. The molecule has 1 saturated heterocycles. The minimum absolute atomic E-state index is 0.253. The highest BCUT2D eigenvalue weighted by molar-refractivity contribution is 5.76. The van der Waals surface area contributed by atoms with E-state index in [1.54, 1.807) is 7.11 Å². The lowest BCUT2D eigenvalue weighted by molar-refractivity contribution is -0.131. The summed E-state index contributed by atoms with van der Waals surface area (Å²) >= 11 is 0. The van der Waals surface area contributed by atoms with Crippen molar-refractivity contribution in [1.29, 1.82) is 0 Å². The SMILES string of the molecule is COc1cccc(CN2CCC(N(CCc3ccccc3)Cc3ccccc3)CCC2=O)c1. The van der Waals surface area contributed by atoms with Crippen molar-refractivity contribution in [3.05, 3.63) is 102 Å². The van der Waals surface area contributed by atoms with Crippen molar-refractivity contribution < 1.29 is 9.53 Å². The van der Waals surface area contributed by atoms with Crippen molar-refractivity contribution in [2.24, 2.45) is 0 Å². The number of amides is 1. The van der Waals surface area contributed by atoms with Crippen LogP contribution in [-0.2, 0) is 24.3 Å². The summed E-state index contributed by atoms with van der Waals surface area (Å²) in [7, 11) is 1.68. The molecule has 1 aliphatic rings. The van der Waals surface area contributed by atoms with Crippen molar-refractivity contribution in [2.75, 3.05) is 20.2 Å². The zero-order valence-corrected chi connectivity index (χ0v) is 19.5. The van der Waals surface area contributed by atoms with Gasteiger partial charge < -0.3 is 9.64 Å². The van der Waals surface area contributed by atoms with E-state index < -0.39 is 0 Å². The second kappa shape index (κ2) is 11.7. The van der Waals surface area contributed by atoms with Gasteiger partial charge >= 0.3 is 0 Å². The molecule has 4 heteroatoms. The van der Waals surface area contributed by atoms with E-state index in [9.17, 15) is 4.79 Å². The Morgan fingerprint density at radius 3 is 2.30 bits per heavy atom. The number of nitrogens with zero attached hydrogens (tertiary/aromatic N) is 2. The Hall–Kier alpha value is -3.11. The number of rotatable bonds is 9. The fourth-order valence-electron chi connectivity index (χ4n) is 4.67. The van der Waals surface area contributed by atoms with Gasteiger partial charge in [-0.25, -0.2) is 0 Å². The Morgan fingerprint density at radius 1 is 0.879 bits per heavy atom. The van der Waals surface area contributed by atoms with Crippen LogP contribution in [0.5, 0.6) is 5.75 Å². The number of methoxy groups -OCH3 is 1. The first-order chi connectivity index (χ1) is 16.2. The van der Waals surface area contributed by atoms with E-state index in [1.807, 2.05) is 23.1 Å². The van der Waals surface area contributed by atoms with Crippen LogP contribution in [0.25, 0.3) is 0 Å². The standard InChI is InChI=1S/C29H34N2O2/c1-33-28-14-8-13-26(21-28)23-31-20-18-27(15-16-29(31)32)30(22-25-11-6-3-7-12-25)19-17-24-9-4-2-5-10-24/h2-14,21,27H,15-20,22-23H2,1H3. The van der Waals surface area contributed by atoms with Gasteiger partial charge in [0.2, 0.25) is 5.91 Å². The highest BCUT2D eigenvalue weighted by atomic mass is 16.5. The van der Waals surface area contributed by atoms with E-state index in [2.05, 4.69) is 71.6 Å². The normalized spacial score (nSPS) is 16.6. The van der Waals surface area contributed by atoms with Gasteiger partial charge in [-0.05, 0) is 48.1 Å². The number of ether oxygens (including phenoxy) is 1. The Morgan fingerprint density at radius 2 is 1.58 bits per heavy atom. The molecule has 4 nitrogen and oxygen atoms in total. The van der Waals surface area contributed by atoms with Gasteiger partial charge in [0, 0.05) is 38.6 Å². The van der Waals surface area contributed by atoms with Crippen LogP contribution in [0, 0.1) is 0 Å². The highest BCUT2D eigenvalue weighted by Gasteiger charge is 2.26. The predicted molar refractivity (Wildman–Crippen MR) is 133 cm³/mol. The number of carbonyl (C=O) groups is 1. The number of benzene rings is 3. The van der Waals surface area contributed by atoms with Crippen LogP contribution in [0.15, 0.2) is 84.9 Å². The summed E-state index contributed by atoms with van der Waals surface area (Å²) in [5.74, 6) is 1.09. The molecule has 0 saturated carbocycles. The number of hydrogen-bond acceptors (Lipinski definition) is 3. The van der Waals surface area contributed by atoms with E-state index in [0.717, 1.165) is 50.2 Å². The lowest BCUT2D eigenvalue weighted by Crippen LogP contribution is -2.37. The quantitative estimate of drug-likeness (QED) is 0.450. The molecule has 1 fully saturated rings. The van der Waals surface area contributed by atoms with Crippen molar-refractivity contribution >= 4 is 5.91 Å². The zero-order valence-electron chi connectivity index (χ0n) is 19.5. The molecule has 1 atom stereocenters. The van der Waals surface area contributed by atoms with Crippen molar-refractivity contribution in [3.63, 3.8) is 0 Å². The molecule has 0 spiro atoms. The Labute approximate surface area is 197 Å². The molecule has 0 N–H and O–H groups in total. The van der Waals surface area contributed by atoms with E-state index in [1.165, 1.54) is 11.1 Å². The van der Waals surface area contributed by atoms with E-state index >= 15 is 0 Å². The fourth-order valence-corrected chi connectivity index (χ4v) is 4.67. The zero-order chi connectivity index (χ0) is 22.9. The molecule has 1 amide bonds. The third-order valence-electron chi connectivity index (χ3n) is 6.56. The van der Waals surface area contributed by atoms with Crippen LogP contribution in [0.3, 0.4) is 0 Å². The molecule has 0 bridgehead atoms. The number of carbonyl (C=O) groups excluding carboxylic acids is 1. The third-order valence-corrected chi connectivity index (χ3v) is 6.56. The minimum atomic E-state index is 0.253. The monoisotopic (exact) mass is 442 g/mol. The molecular formula is C29H34N2O2. The van der Waals surface area contributed by atoms with Gasteiger partial charge in [0.1, 0.15) is 5.75 Å². The Balaban J connectivity index is 1.44. The second-order valence-electron chi connectivity index (χ2n) is 8.84. The first-order valence-electron chi connectivity index (χ1n) is 11.9. The molecule has 1 unspecified atom stereocenters. The molecule has 4 rings (SSSR count). The van der Waals surface area contributed by atoms with Crippen LogP contribution in [0.2, 0.25) is 0 Å². The molecule has 0 radical (unpaired) electrons. The molecular weight excluding hydrogens is 408 g/mol. The van der Waals surface area contributed by atoms with E-state index in [4.69, 9.17) is 4.74 Å². The summed E-state index contributed by atoms with van der Waals surface area (Å²) in [4.78, 5) is 17.6. The van der Waals surface area contributed by atoms with Crippen LogP contribution < -0.4 is 4.74 Å². The smallest absolute Gasteiger partial charge is 0.222 e. The first-order valence-corrected chi connectivity index (χ1v) is 11.9. The summed E-state index contributed by atoms with van der Waals surface area (Å²) in [5.41, 5.74) is 3.81.